The molecule has 2 aliphatic heterocycles. The summed E-state index contributed by atoms with van der Waals surface area (Å²) in [5.74, 6) is 0. The molecule has 2 unspecified atom stereocenters. The summed E-state index contributed by atoms with van der Waals surface area (Å²) in [7, 11) is 2.16. The summed E-state index contributed by atoms with van der Waals surface area (Å²) in [6.45, 7) is 0. The summed E-state index contributed by atoms with van der Waals surface area (Å²) >= 11 is 0. The lowest BCUT2D eigenvalue weighted by Crippen LogP contribution is -2.34. The predicted molar refractivity (Wildman–Crippen MR) is 52.8 cm³/mol. The molecule has 2 heteroatoms. The zero-order valence-electron chi connectivity index (χ0n) is 7.85. The third-order valence-electron chi connectivity index (χ3n) is 3.30. The van der Waals surface area contributed by atoms with E-state index in [9.17, 15) is 0 Å². The van der Waals surface area contributed by atoms with Crippen LogP contribution in [0.3, 0.4) is 0 Å². The fraction of sp³-hybridized carbons (Fsp3) is 0.455. The van der Waals surface area contributed by atoms with Gasteiger partial charge in [0.1, 0.15) is 6.17 Å². The molecule has 0 N–H and O–H groups in total. The second kappa shape index (κ2) is 2.41. The van der Waals surface area contributed by atoms with Gasteiger partial charge in [-0.15, -0.1) is 0 Å². The van der Waals surface area contributed by atoms with E-state index in [0.29, 0.717) is 12.2 Å². The zero-order valence-corrected chi connectivity index (χ0v) is 7.85. The minimum Gasteiger partial charge on any atom is -0.359 e. The second-order valence-corrected chi connectivity index (χ2v) is 4.02. The van der Waals surface area contributed by atoms with Gasteiger partial charge in [0.05, 0.1) is 6.04 Å². The fourth-order valence-electron chi connectivity index (χ4n) is 2.54. The lowest BCUT2D eigenvalue weighted by Gasteiger charge is -2.27. The van der Waals surface area contributed by atoms with Crippen LogP contribution >= 0.6 is 0 Å². The highest BCUT2D eigenvalue weighted by Gasteiger charge is 2.38. The Bertz CT molecular complexity index is 314. The molecule has 0 amide bonds. The molecule has 0 aromatic heterocycles. The van der Waals surface area contributed by atoms with E-state index in [2.05, 4.69) is 47.5 Å². The first-order valence-electron chi connectivity index (χ1n) is 4.89. The van der Waals surface area contributed by atoms with Gasteiger partial charge in [-0.25, -0.2) is 0 Å². The molecule has 0 aromatic rings. The average molecular weight is 174 g/mol. The molecule has 2 heterocycles. The molecule has 2 nitrogen and oxygen atoms in total. The van der Waals surface area contributed by atoms with Crippen LogP contribution in [-0.2, 0) is 0 Å². The normalized spacial score (nSPS) is 35.0. The molecular formula is C11H14N2. The molecule has 1 saturated heterocycles. The second-order valence-electron chi connectivity index (χ2n) is 4.02. The highest BCUT2D eigenvalue weighted by Crippen LogP contribution is 2.37. The van der Waals surface area contributed by atoms with Crippen LogP contribution in [0.4, 0.5) is 0 Å². The van der Waals surface area contributed by atoms with E-state index >= 15 is 0 Å². The van der Waals surface area contributed by atoms with E-state index in [1.54, 1.807) is 5.57 Å². The van der Waals surface area contributed by atoms with Crippen molar-refractivity contribution >= 4 is 0 Å². The van der Waals surface area contributed by atoms with Gasteiger partial charge in [0.25, 0.3) is 0 Å². The van der Waals surface area contributed by atoms with Crippen LogP contribution in [-0.4, -0.2) is 29.1 Å². The van der Waals surface area contributed by atoms with Gasteiger partial charge in [-0.1, -0.05) is 18.2 Å². The Labute approximate surface area is 78.8 Å². The molecule has 13 heavy (non-hydrogen) atoms. The molecule has 3 aliphatic rings. The largest absolute Gasteiger partial charge is 0.359 e. The van der Waals surface area contributed by atoms with Gasteiger partial charge in [-0.3, -0.25) is 0 Å². The highest BCUT2D eigenvalue weighted by atomic mass is 15.4. The molecule has 68 valence electrons. The van der Waals surface area contributed by atoms with E-state index in [1.165, 1.54) is 12.8 Å². The summed E-state index contributed by atoms with van der Waals surface area (Å²) in [6, 6.07) is 0.649. The summed E-state index contributed by atoms with van der Waals surface area (Å²) in [4.78, 5) is 4.79. The van der Waals surface area contributed by atoms with Crippen LogP contribution in [0.5, 0.6) is 0 Å². The zero-order chi connectivity index (χ0) is 8.84. The average Bonchev–Trinajstić information content (AvgIpc) is 2.67. The maximum absolute atomic E-state index is 2.48. The number of hydrogen-bond acceptors (Lipinski definition) is 2. The third-order valence-corrected chi connectivity index (χ3v) is 3.30. The van der Waals surface area contributed by atoms with Crippen LogP contribution in [0, 0.1) is 0 Å². The maximum atomic E-state index is 2.48. The monoisotopic (exact) mass is 174 g/mol. The standard InChI is InChI=1S/C11H14N2/c1-12-6-7-13-10-5-3-2-4-9(10)8-11(12)13/h2-4,6-7,10-11H,5,8H2,1H3. The van der Waals surface area contributed by atoms with Gasteiger partial charge in [0.2, 0.25) is 0 Å². The molecule has 0 bridgehead atoms. The smallest absolute Gasteiger partial charge is 0.105 e. The lowest BCUT2D eigenvalue weighted by molar-refractivity contribution is 0.194. The van der Waals surface area contributed by atoms with Crippen molar-refractivity contribution in [1.29, 1.82) is 0 Å². The summed E-state index contributed by atoms with van der Waals surface area (Å²) in [5.41, 5.74) is 1.60. The van der Waals surface area contributed by atoms with Crippen LogP contribution in [0.15, 0.2) is 36.2 Å². The minimum absolute atomic E-state index is 0.594. The van der Waals surface area contributed by atoms with Gasteiger partial charge in [0.15, 0.2) is 0 Å². The Hall–Kier alpha value is -1.18. The van der Waals surface area contributed by atoms with Crippen molar-refractivity contribution in [3.05, 3.63) is 36.2 Å². The summed E-state index contributed by atoms with van der Waals surface area (Å²) in [5, 5.41) is 0. The molecular weight excluding hydrogens is 160 g/mol. The minimum atomic E-state index is 0.594. The van der Waals surface area contributed by atoms with Crippen LogP contribution in [0.2, 0.25) is 0 Å². The number of hydrogen-bond donors (Lipinski definition) is 0. The van der Waals surface area contributed by atoms with Crippen molar-refractivity contribution in [2.45, 2.75) is 25.0 Å². The van der Waals surface area contributed by atoms with Crippen molar-refractivity contribution < 1.29 is 0 Å². The maximum Gasteiger partial charge on any atom is 0.105 e. The van der Waals surface area contributed by atoms with Crippen molar-refractivity contribution in [2.75, 3.05) is 7.05 Å². The van der Waals surface area contributed by atoms with Crippen LogP contribution < -0.4 is 0 Å². The SMILES string of the molecule is CN1C=CN2C3CC=CC=C3CC12. The van der Waals surface area contributed by atoms with Gasteiger partial charge in [0, 0.05) is 25.9 Å². The molecule has 0 spiro atoms. The van der Waals surface area contributed by atoms with Crippen LogP contribution in [0.1, 0.15) is 12.8 Å². The molecule has 0 radical (unpaired) electrons. The van der Waals surface area contributed by atoms with Gasteiger partial charge in [-0.05, 0) is 12.0 Å². The first-order valence-corrected chi connectivity index (χ1v) is 4.89. The Morgan fingerprint density at radius 3 is 3.23 bits per heavy atom. The first-order chi connectivity index (χ1) is 6.36. The van der Waals surface area contributed by atoms with Crippen LogP contribution in [0.25, 0.3) is 0 Å². The summed E-state index contributed by atoms with van der Waals surface area (Å²) in [6.07, 6.45) is 14.1. The Morgan fingerprint density at radius 1 is 1.38 bits per heavy atom. The molecule has 2 atom stereocenters. The number of rotatable bonds is 0. The predicted octanol–water partition coefficient (Wildman–Crippen LogP) is 1.69. The van der Waals surface area contributed by atoms with Gasteiger partial charge < -0.3 is 9.80 Å². The van der Waals surface area contributed by atoms with Crippen molar-refractivity contribution in [3.63, 3.8) is 0 Å². The third kappa shape index (κ3) is 0.886. The topological polar surface area (TPSA) is 6.48 Å². The molecule has 1 aliphatic carbocycles. The Balaban J connectivity index is 1.94. The number of allylic oxidation sites excluding steroid dienone is 2. The van der Waals surface area contributed by atoms with Crippen molar-refractivity contribution in [1.82, 2.24) is 9.80 Å². The fourth-order valence-corrected chi connectivity index (χ4v) is 2.54. The van der Waals surface area contributed by atoms with Gasteiger partial charge >= 0.3 is 0 Å². The molecule has 1 fully saturated rings. The molecule has 0 saturated carbocycles. The van der Waals surface area contributed by atoms with Crippen molar-refractivity contribution in [3.8, 4) is 0 Å². The van der Waals surface area contributed by atoms with E-state index in [0.717, 1.165) is 0 Å². The van der Waals surface area contributed by atoms with E-state index < -0.39 is 0 Å². The number of fused-ring (bicyclic) bond motifs is 3. The van der Waals surface area contributed by atoms with E-state index in [4.69, 9.17) is 0 Å². The van der Waals surface area contributed by atoms with Gasteiger partial charge in [-0.2, -0.15) is 0 Å². The van der Waals surface area contributed by atoms with Crippen molar-refractivity contribution in [2.24, 2.45) is 0 Å². The number of nitrogens with zero attached hydrogens (tertiary/aromatic N) is 2. The lowest BCUT2D eigenvalue weighted by atomic mass is 10.00. The molecule has 0 aromatic carbocycles. The molecule has 3 rings (SSSR count). The summed E-state index contributed by atoms with van der Waals surface area (Å²) < 4.78 is 0. The highest BCUT2D eigenvalue weighted by molar-refractivity contribution is 5.31. The quantitative estimate of drug-likeness (QED) is 0.551. The Kier molecular flexibility index (Phi) is 1.34. The first kappa shape index (κ1) is 7.25. The van der Waals surface area contributed by atoms with E-state index in [-0.39, 0.29) is 0 Å². The van der Waals surface area contributed by atoms with E-state index in [1.807, 2.05) is 0 Å². The Morgan fingerprint density at radius 2 is 2.31 bits per heavy atom.